The van der Waals surface area contributed by atoms with E-state index in [4.69, 9.17) is 14.5 Å². The number of fused-ring (bicyclic) bond motifs is 1. The SMILES string of the molecule is C=C/C=C(C=C)/C=C/c1nc(Nc2cc(C)[nH]n2)cc(N2CC3OCCOC3C2)n1. The molecule has 4 heterocycles. The van der Waals surface area contributed by atoms with Gasteiger partial charge in [0.05, 0.1) is 13.2 Å². The van der Waals surface area contributed by atoms with Gasteiger partial charge in [-0.1, -0.05) is 37.5 Å². The molecular weight excluding hydrogens is 380 g/mol. The molecule has 2 aromatic heterocycles. The highest BCUT2D eigenvalue weighted by Gasteiger charge is 2.37. The fraction of sp³-hybridized carbons (Fsp3) is 0.318. The predicted octanol–water partition coefficient (Wildman–Crippen LogP) is 3.17. The van der Waals surface area contributed by atoms with Gasteiger partial charge in [0.2, 0.25) is 0 Å². The maximum atomic E-state index is 5.85. The zero-order valence-corrected chi connectivity index (χ0v) is 17.0. The second kappa shape index (κ2) is 9.06. The first-order valence-corrected chi connectivity index (χ1v) is 9.94. The lowest BCUT2D eigenvalue weighted by Crippen LogP contribution is -2.36. The van der Waals surface area contributed by atoms with Crippen LogP contribution in [-0.4, -0.2) is 58.7 Å². The number of aromatic nitrogens is 4. The highest BCUT2D eigenvalue weighted by molar-refractivity contribution is 5.61. The van der Waals surface area contributed by atoms with Crippen LogP contribution in [0.2, 0.25) is 0 Å². The molecule has 0 aliphatic carbocycles. The van der Waals surface area contributed by atoms with Gasteiger partial charge in [-0.2, -0.15) is 5.10 Å². The summed E-state index contributed by atoms with van der Waals surface area (Å²) in [6.07, 6.45) is 9.26. The molecule has 2 aliphatic heterocycles. The van der Waals surface area contributed by atoms with Gasteiger partial charge in [0.1, 0.15) is 23.8 Å². The fourth-order valence-corrected chi connectivity index (χ4v) is 3.52. The summed E-state index contributed by atoms with van der Waals surface area (Å²) >= 11 is 0. The number of H-pyrrole nitrogens is 1. The van der Waals surface area contributed by atoms with Gasteiger partial charge in [-0.25, -0.2) is 9.97 Å². The maximum Gasteiger partial charge on any atom is 0.156 e. The Labute approximate surface area is 176 Å². The molecule has 30 heavy (non-hydrogen) atoms. The Morgan fingerprint density at radius 2 is 1.93 bits per heavy atom. The Hall–Kier alpha value is -3.23. The lowest BCUT2D eigenvalue weighted by atomic mass is 10.2. The van der Waals surface area contributed by atoms with Gasteiger partial charge in [-0.15, -0.1) is 0 Å². The first-order chi connectivity index (χ1) is 14.6. The van der Waals surface area contributed by atoms with Crippen LogP contribution < -0.4 is 10.2 Å². The first-order valence-electron chi connectivity index (χ1n) is 9.94. The molecule has 4 rings (SSSR count). The molecule has 2 atom stereocenters. The van der Waals surface area contributed by atoms with Crippen molar-refractivity contribution in [3.63, 3.8) is 0 Å². The number of nitrogens with zero attached hydrogens (tertiary/aromatic N) is 4. The summed E-state index contributed by atoms with van der Waals surface area (Å²) in [6, 6.07) is 3.85. The third-order valence-corrected chi connectivity index (χ3v) is 4.95. The van der Waals surface area contributed by atoms with Gasteiger partial charge < -0.3 is 19.7 Å². The van der Waals surface area contributed by atoms with Crippen LogP contribution >= 0.6 is 0 Å². The molecule has 8 nitrogen and oxygen atoms in total. The van der Waals surface area contributed by atoms with Crippen molar-refractivity contribution in [1.29, 1.82) is 0 Å². The lowest BCUT2D eigenvalue weighted by molar-refractivity contribution is -0.116. The third-order valence-electron chi connectivity index (χ3n) is 4.95. The lowest BCUT2D eigenvalue weighted by Gasteiger charge is -2.24. The van der Waals surface area contributed by atoms with Crippen molar-refractivity contribution in [2.24, 2.45) is 0 Å². The van der Waals surface area contributed by atoms with Crippen molar-refractivity contribution >= 4 is 23.5 Å². The van der Waals surface area contributed by atoms with Gasteiger partial charge >= 0.3 is 0 Å². The molecule has 8 heteroatoms. The van der Waals surface area contributed by atoms with Crippen LogP contribution in [0.25, 0.3) is 6.08 Å². The summed E-state index contributed by atoms with van der Waals surface area (Å²) in [7, 11) is 0. The molecule has 156 valence electrons. The molecule has 0 amide bonds. The van der Waals surface area contributed by atoms with Gasteiger partial charge in [0.15, 0.2) is 11.6 Å². The largest absolute Gasteiger partial charge is 0.371 e. The second-order valence-electron chi connectivity index (χ2n) is 7.19. The average molecular weight is 406 g/mol. The van der Waals surface area contributed by atoms with Crippen molar-refractivity contribution in [3.05, 3.63) is 66.7 Å². The smallest absolute Gasteiger partial charge is 0.156 e. The number of ether oxygens (including phenoxy) is 2. The van der Waals surface area contributed by atoms with E-state index in [0.29, 0.717) is 30.7 Å². The molecule has 2 unspecified atom stereocenters. The van der Waals surface area contributed by atoms with Gasteiger partial charge in [0.25, 0.3) is 0 Å². The summed E-state index contributed by atoms with van der Waals surface area (Å²) in [6.45, 7) is 12.2. The quantitative estimate of drug-likeness (QED) is 0.683. The van der Waals surface area contributed by atoms with Crippen molar-refractivity contribution in [1.82, 2.24) is 20.2 Å². The maximum absolute atomic E-state index is 5.85. The number of aromatic amines is 1. The zero-order chi connectivity index (χ0) is 20.9. The van der Waals surface area contributed by atoms with E-state index in [2.05, 4.69) is 38.6 Å². The number of rotatable bonds is 7. The van der Waals surface area contributed by atoms with E-state index in [1.54, 1.807) is 12.2 Å². The molecule has 0 aromatic carbocycles. The van der Waals surface area contributed by atoms with Crippen LogP contribution in [0.4, 0.5) is 17.5 Å². The molecule has 2 aromatic rings. The molecule has 0 bridgehead atoms. The minimum Gasteiger partial charge on any atom is -0.371 e. The van der Waals surface area contributed by atoms with E-state index in [-0.39, 0.29) is 12.2 Å². The van der Waals surface area contributed by atoms with E-state index in [1.807, 2.05) is 37.3 Å². The van der Waals surface area contributed by atoms with Crippen molar-refractivity contribution in [3.8, 4) is 0 Å². The topological polar surface area (TPSA) is 88.2 Å². The fourth-order valence-electron chi connectivity index (χ4n) is 3.52. The summed E-state index contributed by atoms with van der Waals surface area (Å²) < 4.78 is 11.7. The van der Waals surface area contributed by atoms with Crippen LogP contribution in [0.5, 0.6) is 0 Å². The van der Waals surface area contributed by atoms with Crippen LogP contribution in [0, 0.1) is 6.92 Å². The predicted molar refractivity (Wildman–Crippen MR) is 118 cm³/mol. The van der Waals surface area contributed by atoms with Crippen molar-refractivity contribution in [2.45, 2.75) is 19.1 Å². The molecule has 0 radical (unpaired) electrons. The van der Waals surface area contributed by atoms with E-state index in [0.717, 1.165) is 30.2 Å². The highest BCUT2D eigenvalue weighted by atomic mass is 16.6. The minimum absolute atomic E-state index is 0.0704. The highest BCUT2D eigenvalue weighted by Crippen LogP contribution is 2.27. The van der Waals surface area contributed by atoms with Crippen molar-refractivity contribution in [2.75, 3.05) is 36.5 Å². The Balaban J connectivity index is 1.63. The third kappa shape index (κ3) is 4.67. The normalized spacial score (nSPS) is 21.6. The van der Waals surface area contributed by atoms with Crippen LogP contribution in [0.1, 0.15) is 11.5 Å². The van der Waals surface area contributed by atoms with Crippen LogP contribution in [0.3, 0.4) is 0 Å². The number of nitrogens with one attached hydrogen (secondary N) is 2. The van der Waals surface area contributed by atoms with Gasteiger partial charge in [-0.3, -0.25) is 5.10 Å². The number of allylic oxidation sites excluding steroid dienone is 5. The van der Waals surface area contributed by atoms with E-state index in [1.165, 1.54) is 0 Å². The second-order valence-corrected chi connectivity index (χ2v) is 7.19. The number of hydrogen-bond donors (Lipinski definition) is 2. The summed E-state index contributed by atoms with van der Waals surface area (Å²) in [5, 5.41) is 10.4. The Morgan fingerprint density at radius 3 is 2.57 bits per heavy atom. The molecule has 0 saturated carbocycles. The van der Waals surface area contributed by atoms with Gasteiger partial charge in [0, 0.05) is 30.9 Å². The molecule has 2 N–H and O–H groups in total. The Kier molecular flexibility index (Phi) is 6.06. The molecular formula is C22H26N6O2. The number of anilines is 3. The first kappa shape index (κ1) is 20.1. The van der Waals surface area contributed by atoms with E-state index in [9.17, 15) is 0 Å². The Morgan fingerprint density at radius 1 is 1.17 bits per heavy atom. The summed E-state index contributed by atoms with van der Waals surface area (Å²) in [4.78, 5) is 11.6. The number of aryl methyl sites for hydroxylation is 1. The average Bonchev–Trinajstić information content (AvgIpc) is 3.37. The van der Waals surface area contributed by atoms with Crippen LogP contribution in [0.15, 0.2) is 55.2 Å². The minimum atomic E-state index is 0.0704. The van der Waals surface area contributed by atoms with Crippen molar-refractivity contribution < 1.29 is 9.47 Å². The van der Waals surface area contributed by atoms with Gasteiger partial charge in [-0.05, 0) is 18.6 Å². The van der Waals surface area contributed by atoms with Crippen LogP contribution in [-0.2, 0) is 9.47 Å². The summed E-state index contributed by atoms with van der Waals surface area (Å²) in [5.41, 5.74) is 1.89. The molecule has 2 aliphatic rings. The molecule has 2 saturated heterocycles. The monoisotopic (exact) mass is 406 g/mol. The standard InChI is InChI=1S/C22H26N6O2/c1-4-6-16(5-2)7-8-19-23-20(24-21-11-15(3)26-27-21)12-22(25-19)28-13-17-18(14-28)30-10-9-29-17/h4-8,11-12,17-18H,1-2,9-10,13-14H2,3H3,(H2,23,24,25,26,27)/b8-7+,16-6+. The molecule has 2 fully saturated rings. The zero-order valence-electron chi connectivity index (χ0n) is 17.0. The Bertz CT molecular complexity index is 966. The van der Waals surface area contributed by atoms with E-state index >= 15 is 0 Å². The van der Waals surface area contributed by atoms with E-state index < -0.39 is 0 Å². The molecule has 0 spiro atoms. The summed E-state index contributed by atoms with van der Waals surface area (Å²) in [5.74, 6) is 2.76. The number of hydrogen-bond acceptors (Lipinski definition) is 7.